The van der Waals surface area contributed by atoms with Gasteiger partial charge in [-0.3, -0.25) is 9.59 Å². The Hall–Kier alpha value is -1.93. The molecule has 0 aliphatic heterocycles. The van der Waals surface area contributed by atoms with E-state index in [2.05, 4.69) is 10.0 Å². The van der Waals surface area contributed by atoms with Crippen LogP contribution in [0.25, 0.3) is 0 Å². The molecular formula is C20H33N3O4S. The van der Waals surface area contributed by atoms with Crippen LogP contribution in [0, 0.1) is 0 Å². The fourth-order valence-electron chi connectivity index (χ4n) is 2.89. The second-order valence-electron chi connectivity index (χ2n) is 7.00. The Balaban J connectivity index is 2.54. The highest BCUT2D eigenvalue weighted by molar-refractivity contribution is 7.88. The second kappa shape index (κ2) is 11.8. The van der Waals surface area contributed by atoms with Crippen LogP contribution in [0.1, 0.15) is 58.1 Å². The predicted octanol–water partition coefficient (Wildman–Crippen LogP) is 2.17. The quantitative estimate of drug-likeness (QED) is 0.551. The molecule has 0 radical (unpaired) electrons. The van der Waals surface area contributed by atoms with Crippen molar-refractivity contribution in [2.45, 2.75) is 65.3 Å². The van der Waals surface area contributed by atoms with E-state index in [0.717, 1.165) is 5.56 Å². The first-order chi connectivity index (χ1) is 13.2. The number of amides is 2. The van der Waals surface area contributed by atoms with Crippen LogP contribution in [0.2, 0.25) is 0 Å². The lowest BCUT2D eigenvalue weighted by Crippen LogP contribution is -2.32. The van der Waals surface area contributed by atoms with Crippen molar-refractivity contribution in [3.63, 3.8) is 0 Å². The molecule has 0 heterocycles. The van der Waals surface area contributed by atoms with Gasteiger partial charge in [0.15, 0.2) is 0 Å². The molecular weight excluding hydrogens is 378 g/mol. The van der Waals surface area contributed by atoms with Gasteiger partial charge in [-0.1, -0.05) is 24.3 Å². The van der Waals surface area contributed by atoms with Crippen molar-refractivity contribution in [3.8, 4) is 0 Å². The highest BCUT2D eigenvalue weighted by atomic mass is 32.2. The summed E-state index contributed by atoms with van der Waals surface area (Å²) in [5.74, 6) is -0.216. The van der Waals surface area contributed by atoms with Crippen molar-refractivity contribution in [1.82, 2.24) is 14.9 Å². The Morgan fingerprint density at radius 2 is 1.64 bits per heavy atom. The molecule has 0 aliphatic rings. The average molecular weight is 412 g/mol. The Labute approximate surface area is 168 Å². The summed E-state index contributed by atoms with van der Waals surface area (Å²) >= 11 is 0. The van der Waals surface area contributed by atoms with Crippen LogP contribution < -0.4 is 10.0 Å². The molecule has 0 fully saturated rings. The standard InChI is InChI=1S/C20H33N3O4S/c1-5-23(6-2)20(25)13-9-12-19(24)21-14-17-10-7-8-11-18(17)15-28(26,27)22-16(3)4/h7-8,10-11,16,22H,5-6,9,12-15H2,1-4H3,(H,21,24). The molecule has 2 amide bonds. The highest BCUT2D eigenvalue weighted by Gasteiger charge is 2.16. The normalized spacial score (nSPS) is 11.5. The zero-order valence-electron chi connectivity index (χ0n) is 17.3. The maximum atomic E-state index is 12.2. The summed E-state index contributed by atoms with van der Waals surface area (Å²) in [5, 5.41) is 2.82. The van der Waals surface area contributed by atoms with Crippen LogP contribution in [0.15, 0.2) is 24.3 Å². The van der Waals surface area contributed by atoms with E-state index >= 15 is 0 Å². The summed E-state index contributed by atoms with van der Waals surface area (Å²) < 4.78 is 26.9. The van der Waals surface area contributed by atoms with Crippen LogP contribution in [-0.4, -0.2) is 44.3 Å². The number of nitrogens with one attached hydrogen (secondary N) is 2. The van der Waals surface area contributed by atoms with E-state index in [1.807, 2.05) is 26.0 Å². The monoisotopic (exact) mass is 411 g/mol. The van der Waals surface area contributed by atoms with Gasteiger partial charge in [0.1, 0.15) is 0 Å². The number of benzene rings is 1. The van der Waals surface area contributed by atoms with Gasteiger partial charge in [-0.25, -0.2) is 13.1 Å². The van der Waals surface area contributed by atoms with E-state index in [4.69, 9.17) is 0 Å². The SMILES string of the molecule is CCN(CC)C(=O)CCCC(=O)NCc1ccccc1CS(=O)(=O)NC(C)C. The van der Waals surface area contributed by atoms with Crippen molar-refractivity contribution < 1.29 is 18.0 Å². The number of hydrogen-bond acceptors (Lipinski definition) is 4. The molecule has 0 atom stereocenters. The van der Waals surface area contributed by atoms with Crippen molar-refractivity contribution in [3.05, 3.63) is 35.4 Å². The number of carbonyl (C=O) groups is 2. The van der Waals surface area contributed by atoms with E-state index in [-0.39, 0.29) is 36.6 Å². The van der Waals surface area contributed by atoms with Crippen LogP contribution in [0.3, 0.4) is 0 Å². The summed E-state index contributed by atoms with van der Waals surface area (Å²) in [5.41, 5.74) is 1.43. The van der Waals surface area contributed by atoms with Gasteiger partial charge >= 0.3 is 0 Å². The Bertz CT molecular complexity index is 744. The smallest absolute Gasteiger partial charge is 0.222 e. The number of carbonyl (C=O) groups excluding carboxylic acids is 2. The van der Waals surface area contributed by atoms with Crippen LogP contribution in [0.4, 0.5) is 0 Å². The van der Waals surface area contributed by atoms with Crippen LogP contribution in [0.5, 0.6) is 0 Å². The zero-order chi connectivity index (χ0) is 21.2. The van der Waals surface area contributed by atoms with E-state index in [9.17, 15) is 18.0 Å². The zero-order valence-corrected chi connectivity index (χ0v) is 18.1. The Morgan fingerprint density at radius 3 is 2.21 bits per heavy atom. The van der Waals surface area contributed by atoms with Crippen molar-refractivity contribution >= 4 is 21.8 Å². The molecule has 0 bridgehead atoms. The number of nitrogens with zero attached hydrogens (tertiary/aromatic N) is 1. The summed E-state index contributed by atoms with van der Waals surface area (Å²) in [6.07, 6.45) is 1.11. The molecule has 8 heteroatoms. The fourth-order valence-corrected chi connectivity index (χ4v) is 4.39. The molecule has 0 saturated carbocycles. The topological polar surface area (TPSA) is 95.6 Å². The molecule has 1 aromatic carbocycles. The lowest BCUT2D eigenvalue weighted by atomic mass is 10.1. The third kappa shape index (κ3) is 8.84. The molecule has 0 aromatic heterocycles. The summed E-state index contributed by atoms with van der Waals surface area (Å²) in [6.45, 7) is 9.02. The fraction of sp³-hybridized carbons (Fsp3) is 0.600. The number of sulfonamides is 1. The number of hydrogen-bond donors (Lipinski definition) is 2. The molecule has 7 nitrogen and oxygen atoms in total. The van der Waals surface area contributed by atoms with Crippen molar-refractivity contribution in [2.75, 3.05) is 13.1 Å². The van der Waals surface area contributed by atoms with Gasteiger partial charge < -0.3 is 10.2 Å². The van der Waals surface area contributed by atoms with Gasteiger partial charge in [0.2, 0.25) is 21.8 Å². The minimum Gasteiger partial charge on any atom is -0.352 e. The van der Waals surface area contributed by atoms with Crippen molar-refractivity contribution in [1.29, 1.82) is 0 Å². The molecule has 1 rings (SSSR count). The first kappa shape index (κ1) is 24.1. The first-order valence-electron chi connectivity index (χ1n) is 9.79. The van der Waals surface area contributed by atoms with Crippen LogP contribution in [-0.2, 0) is 31.9 Å². The molecule has 0 unspecified atom stereocenters. The molecule has 1 aromatic rings. The maximum Gasteiger partial charge on any atom is 0.222 e. The minimum atomic E-state index is -3.44. The summed E-state index contributed by atoms with van der Waals surface area (Å²) in [7, 11) is -3.44. The number of rotatable bonds is 12. The van der Waals surface area contributed by atoms with Gasteiger partial charge in [-0.15, -0.1) is 0 Å². The lowest BCUT2D eigenvalue weighted by molar-refractivity contribution is -0.131. The third-order valence-corrected chi connectivity index (χ3v) is 5.79. The maximum absolute atomic E-state index is 12.2. The molecule has 0 saturated heterocycles. The minimum absolute atomic E-state index is 0.0611. The third-order valence-electron chi connectivity index (χ3n) is 4.27. The molecule has 0 spiro atoms. The summed E-state index contributed by atoms with van der Waals surface area (Å²) in [4.78, 5) is 25.8. The van der Waals surface area contributed by atoms with Crippen LogP contribution >= 0.6 is 0 Å². The Kier molecular flexibility index (Phi) is 10.2. The van der Waals surface area contributed by atoms with Gasteiger partial charge in [0, 0.05) is 38.5 Å². The summed E-state index contributed by atoms with van der Waals surface area (Å²) in [6, 6.07) is 6.99. The van der Waals surface area contributed by atoms with E-state index in [1.165, 1.54) is 0 Å². The Morgan fingerprint density at radius 1 is 1.04 bits per heavy atom. The van der Waals surface area contributed by atoms with E-state index in [0.29, 0.717) is 31.5 Å². The largest absolute Gasteiger partial charge is 0.352 e. The van der Waals surface area contributed by atoms with Gasteiger partial charge in [0.25, 0.3) is 0 Å². The van der Waals surface area contributed by atoms with E-state index < -0.39 is 10.0 Å². The molecule has 28 heavy (non-hydrogen) atoms. The second-order valence-corrected chi connectivity index (χ2v) is 8.75. The predicted molar refractivity (Wildman–Crippen MR) is 111 cm³/mol. The molecule has 2 N–H and O–H groups in total. The van der Waals surface area contributed by atoms with E-state index in [1.54, 1.807) is 30.9 Å². The lowest BCUT2D eigenvalue weighted by Gasteiger charge is -2.18. The molecule has 158 valence electrons. The van der Waals surface area contributed by atoms with Gasteiger partial charge in [-0.05, 0) is 45.2 Å². The molecule has 0 aliphatic carbocycles. The highest BCUT2D eigenvalue weighted by Crippen LogP contribution is 2.13. The van der Waals surface area contributed by atoms with Gasteiger partial charge in [-0.2, -0.15) is 0 Å². The first-order valence-corrected chi connectivity index (χ1v) is 11.4. The average Bonchev–Trinajstić information content (AvgIpc) is 2.60. The van der Waals surface area contributed by atoms with Gasteiger partial charge in [0.05, 0.1) is 5.75 Å². The van der Waals surface area contributed by atoms with Crippen molar-refractivity contribution in [2.24, 2.45) is 0 Å².